The second-order valence-corrected chi connectivity index (χ2v) is 22.0. The van der Waals surface area contributed by atoms with Gasteiger partial charge in [-0.25, -0.2) is 8.78 Å². The van der Waals surface area contributed by atoms with Gasteiger partial charge in [-0.3, -0.25) is 44.1 Å². The molecule has 0 radical (unpaired) electrons. The molecule has 5 aromatic rings. The first kappa shape index (κ1) is 61.7. The lowest BCUT2D eigenvalue weighted by molar-refractivity contribution is -0.136. The highest BCUT2D eigenvalue weighted by molar-refractivity contribution is 6.26. The van der Waals surface area contributed by atoms with E-state index in [-0.39, 0.29) is 93.7 Å². The Bertz CT molecular complexity index is 3410. The minimum absolute atomic E-state index is 0.0302. The Labute approximate surface area is 490 Å². The summed E-state index contributed by atoms with van der Waals surface area (Å²) in [5.41, 5.74) is 1.26. The molecule has 5 atom stereocenters. The number of piperidine rings is 1. The molecule has 2 aromatic heterocycles. The normalized spacial score (nSPS) is 21.6. The van der Waals surface area contributed by atoms with Crippen LogP contribution in [0.5, 0.6) is 11.8 Å². The zero-order valence-corrected chi connectivity index (χ0v) is 47.9. The fourth-order valence-electron chi connectivity index (χ4n) is 12.2. The van der Waals surface area contributed by atoms with E-state index in [2.05, 4.69) is 48.2 Å². The maximum Gasteiger partial charge on any atom is 0.319 e. The van der Waals surface area contributed by atoms with Gasteiger partial charge in [0.1, 0.15) is 48.0 Å². The lowest BCUT2D eigenvalue weighted by Crippen LogP contribution is -2.54. The van der Waals surface area contributed by atoms with E-state index in [0.717, 1.165) is 55.7 Å². The largest absolute Gasteiger partial charge is 0.508 e. The molecule has 2 bridgehead atoms. The van der Waals surface area contributed by atoms with Crippen molar-refractivity contribution in [3.63, 3.8) is 0 Å². The Morgan fingerprint density at radius 1 is 0.941 bits per heavy atom. The third-order valence-corrected chi connectivity index (χ3v) is 16.0. The molecule has 0 spiro atoms. The van der Waals surface area contributed by atoms with Gasteiger partial charge in [-0.2, -0.15) is 9.97 Å². The summed E-state index contributed by atoms with van der Waals surface area (Å²) in [6.07, 6.45) is 12.2. The summed E-state index contributed by atoms with van der Waals surface area (Å²) in [6, 6.07) is 9.97. The first-order chi connectivity index (χ1) is 41.1. The van der Waals surface area contributed by atoms with Crippen molar-refractivity contribution in [2.24, 2.45) is 0 Å². The molecule has 0 aliphatic carbocycles. The number of halogens is 2. The van der Waals surface area contributed by atoms with E-state index in [1.54, 1.807) is 19.4 Å². The summed E-state index contributed by atoms with van der Waals surface area (Å²) in [6.45, 7) is 12.7. The van der Waals surface area contributed by atoms with Crippen LogP contribution < -0.4 is 25.6 Å². The van der Waals surface area contributed by atoms with Crippen molar-refractivity contribution < 1.29 is 66.3 Å². The number of aromatic hydroxyl groups is 1. The Hall–Kier alpha value is -7.89. The number of rotatable bonds is 21. The predicted molar refractivity (Wildman–Crippen MR) is 310 cm³/mol. The molecule has 5 saturated heterocycles. The number of carbonyl (C=O) groups is 6. The Balaban J connectivity index is 0.000000205. The van der Waals surface area contributed by atoms with Crippen LogP contribution in [0.4, 0.5) is 20.3 Å². The molecule has 24 heteroatoms. The molecule has 450 valence electrons. The van der Waals surface area contributed by atoms with Gasteiger partial charge in [-0.15, -0.1) is 6.42 Å². The number of anilines is 2. The second kappa shape index (κ2) is 27.4. The van der Waals surface area contributed by atoms with E-state index in [9.17, 15) is 33.5 Å². The molecule has 6 aliphatic rings. The van der Waals surface area contributed by atoms with Gasteiger partial charge in [-0.05, 0) is 88.3 Å². The summed E-state index contributed by atoms with van der Waals surface area (Å²) in [7, 11) is 5.67. The number of likely N-dealkylation sites (N-methyl/N-ethyl adjacent to an activating group) is 1. The number of amides is 5. The average molecular weight is 1170 g/mol. The molecular formula is C61H70F2N10O12. The number of benzene rings is 3. The van der Waals surface area contributed by atoms with E-state index in [0.29, 0.717) is 88.0 Å². The molecule has 8 heterocycles. The summed E-state index contributed by atoms with van der Waals surface area (Å²) in [4.78, 5) is 91.5. The number of hydrogen-bond donors (Lipinski definition) is 4. The van der Waals surface area contributed by atoms with Gasteiger partial charge in [0.25, 0.3) is 11.8 Å². The number of ether oxygens (including phenoxy) is 5. The lowest BCUT2D eigenvalue weighted by Gasteiger charge is -2.35. The van der Waals surface area contributed by atoms with Crippen LogP contribution in [0.25, 0.3) is 32.9 Å². The molecule has 85 heavy (non-hydrogen) atoms. The highest BCUT2D eigenvalue weighted by atomic mass is 19.1. The number of terminal acetylenes is 1. The van der Waals surface area contributed by atoms with E-state index < -0.39 is 47.2 Å². The smallest absolute Gasteiger partial charge is 0.319 e. The quantitative estimate of drug-likeness (QED) is 0.0334. The van der Waals surface area contributed by atoms with Crippen molar-refractivity contribution >= 4 is 69.5 Å². The highest BCUT2D eigenvalue weighted by Crippen LogP contribution is 2.45. The van der Waals surface area contributed by atoms with Crippen molar-refractivity contribution in [3.05, 3.63) is 89.1 Å². The van der Waals surface area contributed by atoms with Crippen LogP contribution in [0, 0.1) is 24.0 Å². The van der Waals surface area contributed by atoms with E-state index in [1.165, 1.54) is 36.4 Å². The second-order valence-electron chi connectivity index (χ2n) is 22.0. The monoisotopic (exact) mass is 1170 g/mol. The molecule has 3 unspecified atom stereocenters. The number of carbonyl (C=O) groups excluding carboxylic acids is 6. The number of phenols is 1. The molecule has 22 nitrogen and oxygen atoms in total. The van der Waals surface area contributed by atoms with Gasteiger partial charge in [0, 0.05) is 75.0 Å². The number of fused-ring (bicyclic) bond motifs is 6. The van der Waals surface area contributed by atoms with Crippen LogP contribution in [0.3, 0.4) is 0 Å². The standard InChI is InChI=1S/C36H36F2N6O3.C24H32N4O8.CH2O/c1-4-26-29(37)8-5-21-11-25(45)12-27(30(21)26)32-31(38)33-28(14-39-32)34(43-16-22-6-7-23(17-43)40-22)42-35(41-33)47-19-36-10-9-24(18-46-3)44(36)15-20(2)13-36;1-27(2)9-11-35-13-15-36-14-12-34-10-8-20(30)25-17-5-3-4-16-21(17)24(33)28(23(16)32)18-6-7-19(29)26-22(18)31;1-2/h1,5,8,11-12,14,22-24,40,45H,2,6-7,9-10,13,15-19H2,3H3;3-5,18H,6-15H2,1-2H3,(H,25,30)(H,26,29,31);1H2/t22?,23?,24-,36-;;/m0../s1. The molecule has 11 rings (SSSR count). The van der Waals surface area contributed by atoms with E-state index in [4.69, 9.17) is 39.9 Å². The topological polar surface area (TPSA) is 257 Å². The third-order valence-electron chi connectivity index (χ3n) is 16.0. The minimum atomic E-state index is -1.07. The van der Waals surface area contributed by atoms with Crippen LogP contribution in [-0.2, 0) is 38.1 Å². The Morgan fingerprint density at radius 3 is 2.38 bits per heavy atom. The lowest BCUT2D eigenvalue weighted by atomic mass is 9.94. The van der Waals surface area contributed by atoms with Crippen LogP contribution in [0.15, 0.2) is 60.8 Å². The van der Waals surface area contributed by atoms with Gasteiger partial charge in [0.2, 0.25) is 17.7 Å². The molecule has 3 aromatic carbocycles. The Morgan fingerprint density at radius 2 is 1.67 bits per heavy atom. The highest BCUT2D eigenvalue weighted by Gasteiger charge is 2.51. The number of pyridine rings is 1. The number of aromatic nitrogens is 3. The zero-order chi connectivity index (χ0) is 60.5. The number of imide groups is 2. The van der Waals surface area contributed by atoms with Crippen LogP contribution >= 0.6 is 0 Å². The summed E-state index contributed by atoms with van der Waals surface area (Å²) in [5.74, 6) is -1.37. The zero-order valence-electron chi connectivity index (χ0n) is 47.9. The van der Waals surface area contributed by atoms with Crippen molar-refractivity contribution in [1.29, 1.82) is 0 Å². The molecule has 0 saturated carbocycles. The summed E-state index contributed by atoms with van der Waals surface area (Å²) in [5, 5.41) is 20.2. The van der Waals surface area contributed by atoms with E-state index >= 15 is 4.39 Å². The number of methoxy groups -OCH3 is 1. The third kappa shape index (κ3) is 13.5. The first-order valence-electron chi connectivity index (χ1n) is 28.2. The Kier molecular flexibility index (Phi) is 19.9. The fraction of sp³-hybridized carbons (Fsp3) is 0.459. The van der Waals surface area contributed by atoms with Crippen molar-refractivity contribution in [3.8, 4) is 35.4 Å². The number of nitrogens with zero attached hydrogens (tertiary/aromatic N) is 7. The molecular weight excluding hydrogens is 1100 g/mol. The molecule has 6 aliphatic heterocycles. The van der Waals surface area contributed by atoms with Gasteiger partial charge >= 0.3 is 6.01 Å². The number of piperazine rings is 1. The molecule has 5 fully saturated rings. The fourth-order valence-corrected chi connectivity index (χ4v) is 12.2. The van der Waals surface area contributed by atoms with Crippen molar-refractivity contribution in [1.82, 2.24) is 40.3 Å². The maximum absolute atomic E-state index is 16.9. The average Bonchev–Trinajstić information content (AvgIpc) is 2.28. The van der Waals surface area contributed by atoms with Gasteiger partial charge in [0.15, 0.2) is 5.82 Å². The SMILES string of the molecule is C#Cc1c(F)ccc2cc(O)cc(-c3ncc4c(N5CC6CCC(C5)N6)nc(OC[C@@]56CC[C@@H](COC)N5CC(=C)C6)nc4c3F)c12.C=O.CN(C)CCOCCOCCOCCC(=O)Nc1cccc2c1C(=O)N(C1CCC(=O)NC1=O)C2=O. The van der Waals surface area contributed by atoms with E-state index in [1.807, 2.05) is 25.8 Å². The number of hydrogen-bond acceptors (Lipinski definition) is 19. The predicted octanol–water partition coefficient (Wildman–Crippen LogP) is 4.78. The van der Waals surface area contributed by atoms with Gasteiger partial charge in [0.05, 0.1) is 86.0 Å². The summed E-state index contributed by atoms with van der Waals surface area (Å²) < 4.78 is 59.9. The van der Waals surface area contributed by atoms with Crippen LogP contribution in [0.1, 0.15) is 77.6 Å². The first-order valence-corrected chi connectivity index (χ1v) is 28.2. The van der Waals surface area contributed by atoms with Crippen LogP contribution in [0.2, 0.25) is 0 Å². The number of nitrogens with one attached hydrogen (secondary N) is 3. The molecule has 4 N–H and O–H groups in total. The summed E-state index contributed by atoms with van der Waals surface area (Å²) >= 11 is 0. The molecule has 5 amide bonds. The van der Waals surface area contributed by atoms with Gasteiger partial charge in [-0.1, -0.05) is 30.2 Å². The number of phenolic OH excluding ortho intramolecular Hbond substituents is 1. The van der Waals surface area contributed by atoms with Crippen LogP contribution in [-0.4, -0.2) is 201 Å². The van der Waals surface area contributed by atoms with Gasteiger partial charge < -0.3 is 54.0 Å². The van der Waals surface area contributed by atoms with Crippen molar-refractivity contribution in [2.45, 2.75) is 81.1 Å². The minimum Gasteiger partial charge on any atom is -0.508 e. The maximum atomic E-state index is 16.9. The van der Waals surface area contributed by atoms with Crippen molar-refractivity contribution in [2.75, 3.05) is 110 Å².